The lowest BCUT2D eigenvalue weighted by molar-refractivity contribution is 0.0932. The number of nitrogens with zero attached hydrogens (tertiary/aromatic N) is 2. The second-order valence-corrected chi connectivity index (χ2v) is 4.51. The zero-order chi connectivity index (χ0) is 14.5. The predicted molar refractivity (Wildman–Crippen MR) is 74.0 cm³/mol. The Morgan fingerprint density at radius 1 is 1.30 bits per heavy atom. The maximum Gasteiger partial charge on any atom is 0.264 e. The van der Waals surface area contributed by atoms with Crippen LogP contribution in [0, 0.1) is 17.2 Å². The van der Waals surface area contributed by atoms with Crippen molar-refractivity contribution in [2.45, 2.75) is 13.3 Å². The van der Waals surface area contributed by atoms with Crippen LogP contribution < -0.4 is 5.56 Å². The van der Waals surface area contributed by atoms with Crippen LogP contribution in [0.25, 0.3) is 11.3 Å². The lowest BCUT2D eigenvalue weighted by Gasteiger charge is -2.07. The summed E-state index contributed by atoms with van der Waals surface area (Å²) >= 11 is 0. The number of hydrogen-bond acceptors (Lipinski definition) is 4. The molecular weight excluding hydrogens is 254 g/mol. The van der Waals surface area contributed by atoms with Crippen molar-refractivity contribution in [3.05, 3.63) is 52.3 Å². The first-order chi connectivity index (χ1) is 9.61. The minimum absolute atomic E-state index is 0.0486. The highest BCUT2D eigenvalue weighted by Gasteiger charge is 2.14. The number of hydrogen-bond donors (Lipinski definition) is 1. The molecule has 5 heteroatoms. The Morgan fingerprint density at radius 3 is 2.55 bits per heavy atom. The lowest BCUT2D eigenvalue weighted by Crippen LogP contribution is -2.10. The van der Waals surface area contributed by atoms with Gasteiger partial charge in [0.25, 0.3) is 5.56 Å². The topological polar surface area (TPSA) is 86.6 Å². The van der Waals surface area contributed by atoms with E-state index in [1.165, 1.54) is 6.07 Å². The number of H-pyrrole nitrogens is 1. The van der Waals surface area contributed by atoms with Gasteiger partial charge in [0.2, 0.25) is 0 Å². The number of nitrogens with one attached hydrogen (secondary N) is 1. The Kier molecular flexibility index (Phi) is 4.06. The van der Waals surface area contributed by atoms with E-state index in [2.05, 4.69) is 10.2 Å². The van der Waals surface area contributed by atoms with Crippen molar-refractivity contribution in [2.75, 3.05) is 0 Å². The van der Waals surface area contributed by atoms with Crippen molar-refractivity contribution in [2.24, 2.45) is 5.92 Å². The van der Waals surface area contributed by atoms with Crippen LogP contribution in [0.15, 0.2) is 41.2 Å². The van der Waals surface area contributed by atoms with Gasteiger partial charge in [-0.2, -0.15) is 10.4 Å². The monoisotopic (exact) mass is 267 g/mol. The van der Waals surface area contributed by atoms with Crippen LogP contribution in [0.4, 0.5) is 0 Å². The van der Waals surface area contributed by atoms with Crippen molar-refractivity contribution in [3.8, 4) is 17.3 Å². The van der Waals surface area contributed by atoms with Gasteiger partial charge in [-0.25, -0.2) is 5.10 Å². The third-order valence-electron chi connectivity index (χ3n) is 2.99. The molecule has 1 aromatic carbocycles. The third-order valence-corrected chi connectivity index (χ3v) is 2.99. The van der Waals surface area contributed by atoms with E-state index in [0.717, 1.165) is 5.56 Å². The molecule has 2 rings (SSSR count). The molecule has 20 heavy (non-hydrogen) atoms. The van der Waals surface area contributed by atoms with Crippen LogP contribution in [-0.2, 0) is 0 Å². The highest BCUT2D eigenvalue weighted by Crippen LogP contribution is 2.18. The summed E-state index contributed by atoms with van der Waals surface area (Å²) in [6.07, 6.45) is 0.210. The fourth-order valence-electron chi connectivity index (χ4n) is 1.82. The van der Waals surface area contributed by atoms with Crippen LogP contribution in [0.5, 0.6) is 0 Å². The Balaban J connectivity index is 2.22. The van der Waals surface area contributed by atoms with E-state index in [1.54, 1.807) is 37.3 Å². The summed E-state index contributed by atoms with van der Waals surface area (Å²) in [5.41, 5.74) is 1.76. The van der Waals surface area contributed by atoms with Gasteiger partial charge >= 0.3 is 0 Å². The maximum absolute atomic E-state index is 12.0. The van der Waals surface area contributed by atoms with Crippen LogP contribution in [-0.4, -0.2) is 16.0 Å². The molecule has 0 aliphatic rings. The van der Waals surface area contributed by atoms with E-state index in [9.17, 15) is 9.59 Å². The summed E-state index contributed by atoms with van der Waals surface area (Å²) in [5, 5.41) is 14.9. The van der Waals surface area contributed by atoms with Gasteiger partial charge in [-0.15, -0.1) is 0 Å². The first-order valence-corrected chi connectivity index (χ1v) is 6.19. The SMILES string of the molecule is CC(CC#N)C(=O)c1ccc(-c2ccc(=O)[nH]n2)cc1. The summed E-state index contributed by atoms with van der Waals surface area (Å²) in [5.74, 6) is -0.357. The van der Waals surface area contributed by atoms with Gasteiger partial charge < -0.3 is 0 Å². The molecule has 1 heterocycles. The molecule has 5 nitrogen and oxygen atoms in total. The summed E-state index contributed by atoms with van der Waals surface area (Å²) in [7, 11) is 0. The average molecular weight is 267 g/mol. The molecule has 0 saturated carbocycles. The first-order valence-electron chi connectivity index (χ1n) is 6.19. The number of carbonyl (C=O) groups excluding carboxylic acids is 1. The van der Waals surface area contributed by atoms with E-state index >= 15 is 0 Å². The van der Waals surface area contributed by atoms with Gasteiger partial charge in [0, 0.05) is 29.5 Å². The molecule has 1 atom stereocenters. The van der Waals surface area contributed by atoms with Crippen molar-refractivity contribution in [1.82, 2.24) is 10.2 Å². The van der Waals surface area contributed by atoms with Crippen molar-refractivity contribution >= 4 is 5.78 Å². The molecule has 0 aliphatic carbocycles. The molecule has 0 bridgehead atoms. The number of rotatable bonds is 4. The quantitative estimate of drug-likeness (QED) is 0.860. The molecule has 1 N–H and O–H groups in total. The van der Waals surface area contributed by atoms with Gasteiger partial charge in [0.15, 0.2) is 5.78 Å². The fraction of sp³-hybridized carbons (Fsp3) is 0.200. The normalized spacial score (nSPS) is 11.6. The molecule has 0 aliphatic heterocycles. The highest BCUT2D eigenvalue weighted by molar-refractivity contribution is 5.98. The lowest BCUT2D eigenvalue weighted by atomic mass is 9.96. The van der Waals surface area contributed by atoms with Gasteiger partial charge in [-0.05, 0) is 6.07 Å². The zero-order valence-electron chi connectivity index (χ0n) is 11.0. The molecule has 100 valence electrons. The molecular formula is C15H13N3O2. The number of aromatic amines is 1. The van der Waals surface area contributed by atoms with Gasteiger partial charge in [0.1, 0.15) is 0 Å². The molecule has 0 fully saturated rings. The standard InChI is InChI=1S/C15H13N3O2/c1-10(8-9-16)15(20)12-4-2-11(3-5-12)13-6-7-14(19)18-17-13/h2-7,10H,8H2,1H3,(H,18,19). The zero-order valence-corrected chi connectivity index (χ0v) is 11.0. The Bertz CT molecular complexity index is 691. The number of ketones is 1. The summed E-state index contributed by atoms with van der Waals surface area (Å²) in [6.45, 7) is 1.74. The van der Waals surface area contributed by atoms with Crippen LogP contribution in [0.2, 0.25) is 0 Å². The number of aromatic nitrogens is 2. The van der Waals surface area contributed by atoms with E-state index in [1.807, 2.05) is 6.07 Å². The van der Waals surface area contributed by atoms with Crippen molar-refractivity contribution in [1.29, 1.82) is 5.26 Å². The van der Waals surface area contributed by atoms with E-state index < -0.39 is 0 Å². The Morgan fingerprint density at radius 2 is 2.00 bits per heavy atom. The third kappa shape index (κ3) is 2.98. The van der Waals surface area contributed by atoms with E-state index in [0.29, 0.717) is 11.3 Å². The number of nitriles is 1. The van der Waals surface area contributed by atoms with E-state index in [-0.39, 0.29) is 23.7 Å². The van der Waals surface area contributed by atoms with Crippen LogP contribution in [0.3, 0.4) is 0 Å². The van der Waals surface area contributed by atoms with Gasteiger partial charge in [-0.3, -0.25) is 9.59 Å². The second kappa shape index (κ2) is 5.93. The average Bonchev–Trinajstić information content (AvgIpc) is 2.48. The van der Waals surface area contributed by atoms with Crippen molar-refractivity contribution in [3.63, 3.8) is 0 Å². The molecule has 0 spiro atoms. The smallest absolute Gasteiger partial charge is 0.264 e. The summed E-state index contributed by atoms with van der Waals surface area (Å²) in [6, 6.07) is 12.0. The minimum atomic E-state index is -0.308. The van der Waals surface area contributed by atoms with E-state index in [4.69, 9.17) is 5.26 Å². The predicted octanol–water partition coefficient (Wildman–Crippen LogP) is 2.17. The van der Waals surface area contributed by atoms with Crippen LogP contribution in [0.1, 0.15) is 23.7 Å². The van der Waals surface area contributed by atoms with Crippen molar-refractivity contribution < 1.29 is 4.79 Å². The molecule has 0 radical (unpaired) electrons. The summed E-state index contributed by atoms with van der Waals surface area (Å²) < 4.78 is 0. The Hall–Kier alpha value is -2.74. The number of Topliss-reactive ketones (excluding diaryl/α,β-unsaturated/α-hetero) is 1. The number of carbonyl (C=O) groups is 1. The Labute approximate surface area is 115 Å². The molecule has 0 amide bonds. The number of benzene rings is 1. The second-order valence-electron chi connectivity index (χ2n) is 4.51. The molecule has 1 aromatic heterocycles. The van der Waals surface area contributed by atoms with Gasteiger partial charge in [-0.1, -0.05) is 31.2 Å². The molecule has 0 saturated heterocycles. The molecule has 1 unspecified atom stereocenters. The first kappa shape index (κ1) is 13.7. The van der Waals surface area contributed by atoms with Crippen LogP contribution >= 0.6 is 0 Å². The minimum Gasteiger partial charge on any atom is -0.294 e. The van der Waals surface area contributed by atoms with Gasteiger partial charge in [0.05, 0.1) is 11.8 Å². The fourth-order valence-corrected chi connectivity index (χ4v) is 1.82. The maximum atomic E-state index is 12.0. The largest absolute Gasteiger partial charge is 0.294 e. The highest BCUT2D eigenvalue weighted by atomic mass is 16.1. The molecule has 2 aromatic rings. The summed E-state index contributed by atoms with van der Waals surface area (Å²) in [4.78, 5) is 23.0.